The zero-order chi connectivity index (χ0) is 18.5. The number of furan rings is 1. The van der Waals surface area contributed by atoms with Crippen LogP contribution in [0.5, 0.6) is 0 Å². The Kier molecular flexibility index (Phi) is 5.13. The molecule has 140 valence electrons. The number of rotatable bonds is 4. The number of aromatic amines is 1. The minimum absolute atomic E-state index is 0.0235. The van der Waals surface area contributed by atoms with Crippen LogP contribution in [0.1, 0.15) is 43.3 Å². The number of aromatic nitrogens is 4. The largest absolute Gasteiger partial charge is 0.467 e. The van der Waals surface area contributed by atoms with Crippen LogP contribution in [0, 0.1) is 0 Å². The molecule has 2 N–H and O–H groups in total. The number of carbonyl (C=O) groups is 1. The fourth-order valence-corrected chi connectivity index (χ4v) is 3.39. The van der Waals surface area contributed by atoms with E-state index in [1.54, 1.807) is 18.7 Å². The molecule has 1 aliphatic heterocycles. The molecule has 27 heavy (non-hydrogen) atoms. The lowest BCUT2D eigenvalue weighted by Gasteiger charge is -2.28. The molecule has 3 aromatic rings. The summed E-state index contributed by atoms with van der Waals surface area (Å²) in [6.07, 6.45) is 9.17. The van der Waals surface area contributed by atoms with Crippen LogP contribution in [0.25, 0.3) is 11.4 Å². The first-order valence-electron chi connectivity index (χ1n) is 9.21. The van der Waals surface area contributed by atoms with Crippen molar-refractivity contribution in [1.29, 1.82) is 0 Å². The summed E-state index contributed by atoms with van der Waals surface area (Å²) in [6.45, 7) is 1.01. The second-order valence-electron chi connectivity index (χ2n) is 6.57. The molecule has 3 aromatic heterocycles. The van der Waals surface area contributed by atoms with Gasteiger partial charge >= 0.3 is 6.03 Å². The van der Waals surface area contributed by atoms with Gasteiger partial charge in [0.2, 0.25) is 0 Å². The topological polar surface area (TPSA) is 99.9 Å². The molecule has 0 bridgehead atoms. The van der Waals surface area contributed by atoms with Crippen molar-refractivity contribution in [3.8, 4) is 11.4 Å². The monoisotopic (exact) mass is 366 g/mol. The minimum Gasteiger partial charge on any atom is -0.467 e. The number of carbonyl (C=O) groups excluding carboxylic acids is 1. The lowest BCUT2D eigenvalue weighted by molar-refractivity contribution is 0.165. The van der Waals surface area contributed by atoms with E-state index in [4.69, 9.17) is 4.42 Å². The molecular weight excluding hydrogens is 344 g/mol. The summed E-state index contributed by atoms with van der Waals surface area (Å²) >= 11 is 0. The fourth-order valence-electron chi connectivity index (χ4n) is 3.39. The van der Waals surface area contributed by atoms with Crippen molar-refractivity contribution in [2.75, 3.05) is 6.54 Å². The Bertz CT molecular complexity index is 861. The number of hydrogen-bond acceptors (Lipinski definition) is 5. The Hall–Kier alpha value is -3.16. The maximum Gasteiger partial charge on any atom is 0.318 e. The maximum absolute atomic E-state index is 12.8. The molecule has 0 saturated carbocycles. The minimum atomic E-state index is -0.111. The van der Waals surface area contributed by atoms with Gasteiger partial charge in [-0.05, 0) is 37.1 Å². The van der Waals surface area contributed by atoms with E-state index in [1.807, 2.05) is 29.2 Å². The lowest BCUT2D eigenvalue weighted by Crippen LogP contribution is -2.42. The molecule has 0 radical (unpaired) electrons. The van der Waals surface area contributed by atoms with Crippen molar-refractivity contribution in [1.82, 2.24) is 30.4 Å². The van der Waals surface area contributed by atoms with Crippen molar-refractivity contribution in [3.05, 3.63) is 54.5 Å². The van der Waals surface area contributed by atoms with Crippen molar-refractivity contribution in [2.45, 2.75) is 38.3 Å². The van der Waals surface area contributed by atoms with Gasteiger partial charge in [-0.25, -0.2) is 9.78 Å². The van der Waals surface area contributed by atoms with Crippen LogP contribution in [0.4, 0.5) is 4.79 Å². The van der Waals surface area contributed by atoms with Crippen LogP contribution in [-0.4, -0.2) is 37.6 Å². The van der Waals surface area contributed by atoms with Gasteiger partial charge in [-0.2, -0.15) is 5.10 Å². The van der Waals surface area contributed by atoms with Gasteiger partial charge in [0.25, 0.3) is 0 Å². The van der Waals surface area contributed by atoms with E-state index in [-0.39, 0.29) is 18.6 Å². The molecule has 2 amide bonds. The molecule has 4 rings (SSSR count). The van der Waals surface area contributed by atoms with Crippen molar-refractivity contribution >= 4 is 6.03 Å². The Morgan fingerprint density at radius 1 is 1.26 bits per heavy atom. The van der Waals surface area contributed by atoms with E-state index in [1.165, 1.54) is 0 Å². The van der Waals surface area contributed by atoms with Crippen LogP contribution >= 0.6 is 0 Å². The van der Waals surface area contributed by atoms with Crippen LogP contribution in [0.3, 0.4) is 0 Å². The molecule has 0 spiro atoms. The highest BCUT2D eigenvalue weighted by Gasteiger charge is 2.28. The van der Waals surface area contributed by atoms with E-state index in [0.717, 1.165) is 43.6 Å². The summed E-state index contributed by atoms with van der Waals surface area (Å²) in [7, 11) is 0. The zero-order valence-corrected chi connectivity index (χ0v) is 15.0. The van der Waals surface area contributed by atoms with E-state index in [2.05, 4.69) is 25.5 Å². The summed E-state index contributed by atoms with van der Waals surface area (Å²) in [5.41, 5.74) is 0.879. The molecule has 4 heterocycles. The second-order valence-corrected chi connectivity index (χ2v) is 6.57. The zero-order valence-electron chi connectivity index (χ0n) is 15.0. The number of H-pyrrole nitrogens is 1. The van der Waals surface area contributed by atoms with Crippen LogP contribution < -0.4 is 5.32 Å². The number of likely N-dealkylation sites (tertiary alicyclic amines) is 1. The van der Waals surface area contributed by atoms with E-state index in [0.29, 0.717) is 11.6 Å². The average molecular weight is 366 g/mol. The predicted molar refractivity (Wildman–Crippen MR) is 98.5 cm³/mol. The molecule has 1 fully saturated rings. The average Bonchev–Trinajstić information content (AvgIpc) is 3.35. The van der Waals surface area contributed by atoms with Crippen LogP contribution in [0.15, 0.2) is 47.3 Å². The number of amides is 2. The number of nitrogens with one attached hydrogen (secondary N) is 2. The highest BCUT2D eigenvalue weighted by atomic mass is 16.3. The van der Waals surface area contributed by atoms with Gasteiger partial charge in [-0.1, -0.05) is 12.8 Å². The summed E-state index contributed by atoms with van der Waals surface area (Å²) in [4.78, 5) is 23.1. The first kappa shape index (κ1) is 17.3. The molecule has 8 nitrogen and oxygen atoms in total. The molecule has 1 aliphatic rings. The first-order valence-corrected chi connectivity index (χ1v) is 9.21. The smallest absolute Gasteiger partial charge is 0.318 e. The van der Waals surface area contributed by atoms with Gasteiger partial charge in [-0.15, -0.1) is 0 Å². The standard InChI is InChI=1S/C19H22N6O2/c26-19(25-11-3-1-2-5-15(25)16-6-4-12-27-16)21-13-17-22-18(24-23-17)14-7-9-20-10-8-14/h4,6-10,12,15H,1-3,5,11,13H2,(H,21,26)(H,22,23,24)/t15-/m0/s1. The number of hydrogen-bond donors (Lipinski definition) is 2. The summed E-state index contributed by atoms with van der Waals surface area (Å²) in [6, 6.07) is 7.36. The van der Waals surface area contributed by atoms with Crippen molar-refractivity contribution < 1.29 is 9.21 Å². The predicted octanol–water partition coefficient (Wildman–Crippen LogP) is 3.29. The van der Waals surface area contributed by atoms with E-state index in [9.17, 15) is 4.79 Å². The van der Waals surface area contributed by atoms with Crippen LogP contribution in [0.2, 0.25) is 0 Å². The van der Waals surface area contributed by atoms with Gasteiger partial charge in [0.15, 0.2) is 5.82 Å². The Morgan fingerprint density at radius 3 is 2.96 bits per heavy atom. The van der Waals surface area contributed by atoms with Gasteiger partial charge in [0, 0.05) is 24.5 Å². The van der Waals surface area contributed by atoms with Gasteiger partial charge in [-0.3, -0.25) is 10.1 Å². The van der Waals surface area contributed by atoms with Crippen LogP contribution in [-0.2, 0) is 6.54 Å². The molecule has 8 heteroatoms. The second kappa shape index (κ2) is 8.03. The molecule has 0 aromatic carbocycles. The Balaban J connectivity index is 1.41. The summed E-state index contributed by atoms with van der Waals surface area (Å²) < 4.78 is 5.57. The number of nitrogens with zero attached hydrogens (tertiary/aromatic N) is 4. The Morgan fingerprint density at radius 2 is 2.15 bits per heavy atom. The highest BCUT2D eigenvalue weighted by Crippen LogP contribution is 2.30. The quantitative estimate of drug-likeness (QED) is 0.738. The number of pyridine rings is 1. The Labute approximate surface area is 157 Å². The third-order valence-electron chi connectivity index (χ3n) is 4.76. The molecule has 0 unspecified atom stereocenters. The van der Waals surface area contributed by atoms with E-state index >= 15 is 0 Å². The maximum atomic E-state index is 12.8. The molecule has 1 saturated heterocycles. The highest BCUT2D eigenvalue weighted by molar-refractivity contribution is 5.74. The van der Waals surface area contributed by atoms with E-state index < -0.39 is 0 Å². The lowest BCUT2D eigenvalue weighted by atomic mass is 10.1. The van der Waals surface area contributed by atoms with Gasteiger partial charge in [0.1, 0.15) is 11.6 Å². The van der Waals surface area contributed by atoms with Gasteiger partial charge < -0.3 is 14.6 Å². The third-order valence-corrected chi connectivity index (χ3v) is 4.76. The van der Waals surface area contributed by atoms with Crippen molar-refractivity contribution in [2.24, 2.45) is 0 Å². The summed E-state index contributed by atoms with van der Waals surface area (Å²) in [5, 5.41) is 10.0. The third kappa shape index (κ3) is 3.99. The van der Waals surface area contributed by atoms with Crippen molar-refractivity contribution in [3.63, 3.8) is 0 Å². The fraction of sp³-hybridized carbons (Fsp3) is 0.368. The van der Waals surface area contributed by atoms with Gasteiger partial charge in [0.05, 0.1) is 18.8 Å². The number of urea groups is 1. The molecule has 1 atom stereocenters. The summed E-state index contributed by atoms with van der Waals surface area (Å²) in [5.74, 6) is 2.04. The molecule has 0 aliphatic carbocycles. The normalized spacial score (nSPS) is 17.5. The first-order chi connectivity index (χ1) is 13.3. The SMILES string of the molecule is O=C(NCc1nc(-c2ccncc2)n[nH]1)N1CCCCC[C@H]1c1ccco1. The molecular formula is C19H22N6O2.